The molecule has 0 aliphatic rings. The summed E-state index contributed by atoms with van der Waals surface area (Å²) in [4.78, 5) is 35.0. The highest BCUT2D eigenvalue weighted by Crippen LogP contribution is 2.32. The summed E-state index contributed by atoms with van der Waals surface area (Å²) in [7, 11) is 1.47. The van der Waals surface area contributed by atoms with Crippen molar-refractivity contribution in [3.8, 4) is 0 Å². The summed E-state index contributed by atoms with van der Waals surface area (Å²) in [5.74, 6) is -0.0132. The first kappa shape index (κ1) is 29.0. The van der Waals surface area contributed by atoms with E-state index in [-0.39, 0.29) is 23.7 Å². The number of amides is 3. The molecule has 0 aliphatic heterocycles. The van der Waals surface area contributed by atoms with E-state index >= 15 is 0 Å². The highest BCUT2D eigenvalue weighted by atomic mass is 19.4. The molecular formula is C29H26F4N6O2. The number of nitrogens with one attached hydrogen (secondary N) is 3. The first-order valence-electron chi connectivity index (χ1n) is 12.4. The van der Waals surface area contributed by atoms with E-state index in [4.69, 9.17) is 0 Å². The fourth-order valence-electron chi connectivity index (χ4n) is 3.90. The fraction of sp³-hybridized carbons (Fsp3) is 0.172. The zero-order valence-corrected chi connectivity index (χ0v) is 22.1. The summed E-state index contributed by atoms with van der Waals surface area (Å²) in [6, 6.07) is 17.3. The molecule has 0 atom stereocenters. The van der Waals surface area contributed by atoms with Crippen molar-refractivity contribution >= 4 is 34.9 Å². The molecule has 41 heavy (non-hydrogen) atoms. The van der Waals surface area contributed by atoms with Gasteiger partial charge in [-0.25, -0.2) is 19.2 Å². The molecule has 3 amide bonds. The van der Waals surface area contributed by atoms with Crippen molar-refractivity contribution in [1.29, 1.82) is 0 Å². The third kappa shape index (κ3) is 7.35. The van der Waals surface area contributed by atoms with Gasteiger partial charge in [0.25, 0.3) is 5.91 Å². The van der Waals surface area contributed by atoms with Crippen LogP contribution >= 0.6 is 0 Å². The van der Waals surface area contributed by atoms with Crippen LogP contribution in [0.1, 0.15) is 32.6 Å². The Bertz CT molecular complexity index is 1560. The van der Waals surface area contributed by atoms with E-state index in [1.807, 2.05) is 0 Å². The molecule has 3 aromatic carbocycles. The van der Waals surface area contributed by atoms with Gasteiger partial charge in [0.1, 0.15) is 24.6 Å². The number of aromatic nitrogens is 2. The largest absolute Gasteiger partial charge is 0.416 e. The van der Waals surface area contributed by atoms with E-state index < -0.39 is 30.4 Å². The van der Waals surface area contributed by atoms with Crippen molar-refractivity contribution in [2.45, 2.75) is 26.3 Å². The summed E-state index contributed by atoms with van der Waals surface area (Å²) >= 11 is 0. The average molecular weight is 567 g/mol. The van der Waals surface area contributed by atoms with Gasteiger partial charge in [-0.15, -0.1) is 0 Å². The molecular weight excluding hydrogens is 540 g/mol. The third-order valence-electron chi connectivity index (χ3n) is 6.16. The number of alkyl halides is 4. The maximum absolute atomic E-state index is 13.3. The summed E-state index contributed by atoms with van der Waals surface area (Å²) in [6.45, 7) is 0.945. The summed E-state index contributed by atoms with van der Waals surface area (Å²) in [6.07, 6.45) is -3.30. The predicted octanol–water partition coefficient (Wildman–Crippen LogP) is 6.81. The number of benzene rings is 3. The van der Waals surface area contributed by atoms with E-state index in [0.29, 0.717) is 22.5 Å². The van der Waals surface area contributed by atoms with Crippen LogP contribution in [0.4, 0.5) is 45.4 Å². The molecule has 0 saturated heterocycles. The van der Waals surface area contributed by atoms with Gasteiger partial charge in [-0.2, -0.15) is 13.2 Å². The third-order valence-corrected chi connectivity index (χ3v) is 6.16. The number of nitrogens with zero attached hydrogens (tertiary/aromatic N) is 3. The minimum atomic E-state index is -4.49. The van der Waals surface area contributed by atoms with Gasteiger partial charge in [0.2, 0.25) is 0 Å². The Morgan fingerprint density at radius 1 is 0.927 bits per heavy atom. The highest BCUT2D eigenvalue weighted by Gasteiger charge is 2.32. The molecule has 0 spiro atoms. The number of carbonyl (C=O) groups excluding carboxylic acids is 2. The fourth-order valence-corrected chi connectivity index (χ4v) is 3.90. The van der Waals surface area contributed by atoms with Gasteiger partial charge in [-0.05, 0) is 53.9 Å². The maximum atomic E-state index is 13.3. The summed E-state index contributed by atoms with van der Waals surface area (Å²) < 4.78 is 52.8. The van der Waals surface area contributed by atoms with E-state index in [1.54, 1.807) is 43.3 Å². The number of urea groups is 1. The Balaban J connectivity index is 1.43. The standard InChI is InChI=1S/C29H26F4N6O2/c1-18-10-11-22(37-27(40)20-8-5-6-19(12-20)15-30)13-24(18)38-28(41)39(2)26-14-25(35-17-36-26)34-16-21-7-3-4-9-23(21)29(31,32)33/h3-14,17H,15-16H2,1-2H3,(H,37,40)(H,38,41)(H,34,35,36). The van der Waals surface area contributed by atoms with Crippen LogP contribution in [0.25, 0.3) is 0 Å². The van der Waals surface area contributed by atoms with E-state index in [1.165, 1.54) is 48.6 Å². The molecule has 8 nitrogen and oxygen atoms in total. The average Bonchev–Trinajstić information content (AvgIpc) is 2.97. The Morgan fingerprint density at radius 2 is 1.71 bits per heavy atom. The quantitative estimate of drug-likeness (QED) is 0.204. The number of hydrogen-bond acceptors (Lipinski definition) is 5. The van der Waals surface area contributed by atoms with Gasteiger partial charge in [-0.1, -0.05) is 36.4 Å². The second-order valence-corrected chi connectivity index (χ2v) is 9.08. The van der Waals surface area contributed by atoms with Crippen molar-refractivity contribution in [2.24, 2.45) is 0 Å². The maximum Gasteiger partial charge on any atom is 0.416 e. The van der Waals surface area contributed by atoms with Crippen LogP contribution in [-0.4, -0.2) is 29.0 Å². The number of carbonyl (C=O) groups is 2. The lowest BCUT2D eigenvalue weighted by molar-refractivity contribution is -0.138. The lowest BCUT2D eigenvalue weighted by atomic mass is 10.1. The molecule has 4 rings (SSSR count). The zero-order chi connectivity index (χ0) is 29.6. The van der Waals surface area contributed by atoms with Crippen LogP contribution in [0.3, 0.4) is 0 Å². The topological polar surface area (TPSA) is 99.2 Å². The molecule has 4 aromatic rings. The smallest absolute Gasteiger partial charge is 0.366 e. The monoisotopic (exact) mass is 566 g/mol. The Labute approximate surface area is 233 Å². The van der Waals surface area contributed by atoms with Crippen molar-refractivity contribution in [2.75, 3.05) is 27.9 Å². The van der Waals surface area contributed by atoms with Gasteiger partial charge in [-0.3, -0.25) is 9.69 Å². The Kier molecular flexibility index (Phi) is 8.81. The molecule has 0 bridgehead atoms. The van der Waals surface area contributed by atoms with Crippen molar-refractivity contribution in [3.63, 3.8) is 0 Å². The Morgan fingerprint density at radius 3 is 2.46 bits per heavy atom. The molecule has 1 aromatic heterocycles. The van der Waals surface area contributed by atoms with Crippen LogP contribution in [0.15, 0.2) is 79.1 Å². The second kappa shape index (κ2) is 12.5. The molecule has 3 N–H and O–H groups in total. The van der Waals surface area contributed by atoms with Gasteiger partial charge in [0, 0.05) is 36.6 Å². The minimum Gasteiger partial charge on any atom is -0.366 e. The van der Waals surface area contributed by atoms with E-state index in [2.05, 4.69) is 25.9 Å². The summed E-state index contributed by atoms with van der Waals surface area (Å²) in [5, 5.41) is 8.34. The molecule has 0 radical (unpaired) electrons. The molecule has 1 heterocycles. The molecule has 0 aliphatic carbocycles. The number of anilines is 4. The first-order chi connectivity index (χ1) is 19.5. The molecule has 12 heteroatoms. The molecule has 0 fully saturated rings. The van der Waals surface area contributed by atoms with Crippen LogP contribution in [0.5, 0.6) is 0 Å². The Hall–Kier alpha value is -5.00. The zero-order valence-electron chi connectivity index (χ0n) is 22.1. The van der Waals surface area contributed by atoms with E-state index in [9.17, 15) is 27.2 Å². The predicted molar refractivity (Wildman–Crippen MR) is 149 cm³/mol. The lowest BCUT2D eigenvalue weighted by Crippen LogP contribution is -2.32. The normalized spacial score (nSPS) is 11.1. The van der Waals surface area contributed by atoms with Gasteiger partial charge in [0.05, 0.1) is 5.56 Å². The summed E-state index contributed by atoms with van der Waals surface area (Å²) in [5.41, 5.74) is 1.53. The molecule has 0 saturated carbocycles. The van der Waals surface area contributed by atoms with Gasteiger partial charge >= 0.3 is 12.2 Å². The van der Waals surface area contributed by atoms with Crippen molar-refractivity contribution in [1.82, 2.24) is 9.97 Å². The van der Waals surface area contributed by atoms with Crippen molar-refractivity contribution < 1.29 is 27.2 Å². The minimum absolute atomic E-state index is 0.0452. The van der Waals surface area contributed by atoms with Gasteiger partial charge < -0.3 is 16.0 Å². The molecule has 212 valence electrons. The number of halogens is 4. The van der Waals surface area contributed by atoms with Gasteiger partial charge in [0.15, 0.2) is 0 Å². The number of aryl methyl sites for hydroxylation is 1. The highest BCUT2D eigenvalue weighted by molar-refractivity contribution is 6.05. The SMILES string of the molecule is Cc1ccc(NC(=O)c2cccc(CF)c2)cc1NC(=O)N(C)c1cc(NCc2ccccc2C(F)(F)F)ncn1. The first-order valence-corrected chi connectivity index (χ1v) is 12.4. The number of hydrogen-bond donors (Lipinski definition) is 3. The van der Waals surface area contributed by atoms with Crippen LogP contribution in [-0.2, 0) is 19.4 Å². The van der Waals surface area contributed by atoms with Crippen molar-refractivity contribution in [3.05, 3.63) is 107 Å². The second-order valence-electron chi connectivity index (χ2n) is 9.08. The molecule has 0 unspecified atom stereocenters. The lowest BCUT2D eigenvalue weighted by Gasteiger charge is -2.19. The van der Waals surface area contributed by atoms with Crippen LogP contribution in [0, 0.1) is 6.92 Å². The number of rotatable bonds is 8. The van der Waals surface area contributed by atoms with Crippen LogP contribution in [0.2, 0.25) is 0 Å². The van der Waals surface area contributed by atoms with Crippen LogP contribution < -0.4 is 20.9 Å². The van der Waals surface area contributed by atoms with E-state index in [0.717, 1.165) is 11.6 Å².